The van der Waals surface area contributed by atoms with Crippen molar-refractivity contribution in [3.63, 3.8) is 0 Å². The summed E-state index contributed by atoms with van der Waals surface area (Å²) in [7, 11) is 1.51. The quantitative estimate of drug-likeness (QED) is 0.895. The highest BCUT2D eigenvalue weighted by Crippen LogP contribution is 2.17. The summed E-state index contributed by atoms with van der Waals surface area (Å²) in [4.78, 5) is 16.2. The Bertz CT molecular complexity index is 670. The van der Waals surface area contributed by atoms with E-state index in [0.717, 1.165) is 18.7 Å². The first-order chi connectivity index (χ1) is 10.3. The molecule has 1 aromatic heterocycles. The van der Waals surface area contributed by atoms with Crippen LogP contribution in [0.15, 0.2) is 36.5 Å². The maximum atomic E-state index is 12.2. The van der Waals surface area contributed by atoms with Gasteiger partial charge in [0.25, 0.3) is 5.91 Å². The van der Waals surface area contributed by atoms with Crippen molar-refractivity contribution in [2.24, 2.45) is 0 Å². The summed E-state index contributed by atoms with van der Waals surface area (Å²) in [5.41, 5.74) is 4.18. The number of nitrogens with one attached hydrogen (secondary N) is 2. The van der Waals surface area contributed by atoms with E-state index < -0.39 is 0 Å². The highest BCUT2D eigenvalue weighted by molar-refractivity contribution is 5.96. The van der Waals surface area contributed by atoms with Crippen molar-refractivity contribution < 1.29 is 9.53 Å². The van der Waals surface area contributed by atoms with E-state index in [0.29, 0.717) is 18.0 Å². The fourth-order valence-electron chi connectivity index (χ4n) is 2.46. The lowest BCUT2D eigenvalue weighted by molar-refractivity contribution is 0.0947. The minimum Gasteiger partial charge on any atom is -0.480 e. The highest BCUT2D eigenvalue weighted by Gasteiger charge is 2.13. The maximum absolute atomic E-state index is 12.2. The van der Waals surface area contributed by atoms with Crippen LogP contribution in [0.1, 0.15) is 27.0 Å². The summed E-state index contributed by atoms with van der Waals surface area (Å²) in [6, 6.07) is 9.72. The van der Waals surface area contributed by atoms with Gasteiger partial charge in [0.1, 0.15) is 5.56 Å². The summed E-state index contributed by atoms with van der Waals surface area (Å²) in [6.07, 6.45) is 1.60. The minimum absolute atomic E-state index is 0.182. The summed E-state index contributed by atoms with van der Waals surface area (Å²) >= 11 is 0. The largest absolute Gasteiger partial charge is 0.480 e. The third kappa shape index (κ3) is 2.87. The predicted octanol–water partition coefficient (Wildman–Crippen LogP) is 1.62. The number of rotatable bonds is 4. The number of nitrogens with zero attached hydrogens (tertiary/aromatic N) is 1. The Hall–Kier alpha value is -2.40. The van der Waals surface area contributed by atoms with Crippen LogP contribution in [0, 0.1) is 0 Å². The standard InChI is InChI=1S/C16H17N3O2/c1-21-16-14(3-2-6-18-16)15(20)19-8-11-4-5-12-9-17-10-13(12)7-11/h2-7,17H,8-10H2,1H3,(H,19,20). The van der Waals surface area contributed by atoms with Crippen LogP contribution in [-0.4, -0.2) is 18.0 Å². The van der Waals surface area contributed by atoms with Crippen molar-refractivity contribution in [1.82, 2.24) is 15.6 Å². The number of methoxy groups -OCH3 is 1. The van der Waals surface area contributed by atoms with Gasteiger partial charge in [-0.05, 0) is 28.8 Å². The van der Waals surface area contributed by atoms with Crippen LogP contribution in [0.4, 0.5) is 0 Å². The Morgan fingerprint density at radius 1 is 1.33 bits per heavy atom. The number of carbonyl (C=O) groups is 1. The molecule has 1 amide bonds. The molecule has 1 aliphatic heterocycles. The lowest BCUT2D eigenvalue weighted by Crippen LogP contribution is -2.23. The van der Waals surface area contributed by atoms with E-state index in [2.05, 4.69) is 27.8 Å². The fraction of sp³-hybridized carbons (Fsp3) is 0.250. The van der Waals surface area contributed by atoms with E-state index in [-0.39, 0.29) is 5.91 Å². The van der Waals surface area contributed by atoms with Crippen molar-refractivity contribution in [1.29, 1.82) is 0 Å². The Morgan fingerprint density at radius 2 is 2.19 bits per heavy atom. The van der Waals surface area contributed by atoms with Gasteiger partial charge < -0.3 is 15.4 Å². The molecular formula is C16H17N3O2. The average molecular weight is 283 g/mol. The third-order valence-electron chi connectivity index (χ3n) is 3.56. The van der Waals surface area contributed by atoms with Crippen molar-refractivity contribution in [2.75, 3.05) is 7.11 Å². The topological polar surface area (TPSA) is 63.2 Å². The Kier molecular flexibility index (Phi) is 3.83. The van der Waals surface area contributed by atoms with Gasteiger partial charge in [0.05, 0.1) is 7.11 Å². The highest BCUT2D eigenvalue weighted by atomic mass is 16.5. The molecule has 0 saturated carbocycles. The molecule has 0 saturated heterocycles. The number of aromatic nitrogens is 1. The Morgan fingerprint density at radius 3 is 3.05 bits per heavy atom. The van der Waals surface area contributed by atoms with Crippen molar-refractivity contribution in [2.45, 2.75) is 19.6 Å². The SMILES string of the molecule is COc1ncccc1C(=O)NCc1ccc2c(c1)CNC2. The minimum atomic E-state index is -0.182. The molecule has 2 heterocycles. The molecule has 0 bridgehead atoms. The first kappa shape index (κ1) is 13.6. The fourth-order valence-corrected chi connectivity index (χ4v) is 2.46. The number of ether oxygens (including phenoxy) is 1. The zero-order valence-corrected chi connectivity index (χ0v) is 11.8. The number of fused-ring (bicyclic) bond motifs is 1. The maximum Gasteiger partial charge on any atom is 0.257 e. The van der Waals surface area contributed by atoms with Gasteiger partial charge in [-0.2, -0.15) is 0 Å². The molecule has 0 spiro atoms. The van der Waals surface area contributed by atoms with Crippen molar-refractivity contribution in [3.8, 4) is 5.88 Å². The lowest BCUT2D eigenvalue weighted by Gasteiger charge is -2.09. The molecule has 0 radical (unpaired) electrons. The average Bonchev–Trinajstić information content (AvgIpc) is 3.00. The number of carbonyl (C=O) groups excluding carboxylic acids is 1. The number of amides is 1. The van der Waals surface area contributed by atoms with Crippen molar-refractivity contribution >= 4 is 5.91 Å². The van der Waals surface area contributed by atoms with E-state index >= 15 is 0 Å². The molecule has 0 unspecified atom stereocenters. The van der Waals surface area contributed by atoms with E-state index in [1.807, 2.05) is 6.07 Å². The molecule has 2 aromatic rings. The third-order valence-corrected chi connectivity index (χ3v) is 3.56. The molecule has 3 rings (SSSR count). The zero-order chi connectivity index (χ0) is 14.7. The molecule has 5 heteroatoms. The van der Waals surface area contributed by atoms with Crippen LogP contribution in [-0.2, 0) is 19.6 Å². The smallest absolute Gasteiger partial charge is 0.257 e. The van der Waals surface area contributed by atoms with Crippen LogP contribution >= 0.6 is 0 Å². The van der Waals surface area contributed by atoms with Crippen LogP contribution < -0.4 is 15.4 Å². The summed E-state index contributed by atoms with van der Waals surface area (Å²) < 4.78 is 5.10. The second kappa shape index (κ2) is 5.93. The molecule has 2 N–H and O–H groups in total. The summed E-state index contributed by atoms with van der Waals surface area (Å²) in [5, 5.41) is 6.21. The second-order valence-corrected chi connectivity index (χ2v) is 4.95. The number of hydrogen-bond acceptors (Lipinski definition) is 4. The van der Waals surface area contributed by atoms with Crippen LogP contribution in [0.3, 0.4) is 0 Å². The van der Waals surface area contributed by atoms with Gasteiger partial charge in [-0.1, -0.05) is 18.2 Å². The van der Waals surface area contributed by atoms with Gasteiger partial charge >= 0.3 is 0 Å². The molecule has 0 fully saturated rings. The van der Waals surface area contributed by atoms with Crippen LogP contribution in [0.25, 0.3) is 0 Å². The number of benzene rings is 1. The number of pyridine rings is 1. The van der Waals surface area contributed by atoms with Gasteiger partial charge in [-0.25, -0.2) is 4.98 Å². The first-order valence-corrected chi connectivity index (χ1v) is 6.86. The van der Waals surface area contributed by atoms with Gasteiger partial charge in [0.2, 0.25) is 5.88 Å². The van der Waals surface area contributed by atoms with E-state index in [4.69, 9.17) is 4.74 Å². The Balaban J connectivity index is 1.68. The predicted molar refractivity (Wildman–Crippen MR) is 78.9 cm³/mol. The van der Waals surface area contributed by atoms with Crippen LogP contribution in [0.2, 0.25) is 0 Å². The van der Waals surface area contributed by atoms with Gasteiger partial charge in [-0.15, -0.1) is 0 Å². The van der Waals surface area contributed by atoms with Gasteiger partial charge in [-0.3, -0.25) is 4.79 Å². The Labute approximate surface area is 123 Å². The molecule has 1 aliphatic rings. The summed E-state index contributed by atoms with van der Waals surface area (Å²) in [5.74, 6) is 0.159. The molecule has 5 nitrogen and oxygen atoms in total. The van der Waals surface area contributed by atoms with E-state index in [9.17, 15) is 4.79 Å². The van der Waals surface area contributed by atoms with E-state index in [1.54, 1.807) is 18.3 Å². The zero-order valence-electron chi connectivity index (χ0n) is 11.8. The summed E-state index contributed by atoms with van der Waals surface area (Å²) in [6.45, 7) is 2.31. The molecule has 1 aromatic carbocycles. The monoisotopic (exact) mass is 283 g/mol. The molecular weight excluding hydrogens is 266 g/mol. The van der Waals surface area contributed by atoms with Gasteiger partial charge in [0, 0.05) is 25.8 Å². The number of hydrogen-bond donors (Lipinski definition) is 2. The molecule has 0 atom stereocenters. The first-order valence-electron chi connectivity index (χ1n) is 6.86. The normalized spacial score (nSPS) is 12.8. The van der Waals surface area contributed by atoms with Crippen LogP contribution in [0.5, 0.6) is 5.88 Å². The molecule has 21 heavy (non-hydrogen) atoms. The molecule has 0 aliphatic carbocycles. The lowest BCUT2D eigenvalue weighted by atomic mass is 10.1. The van der Waals surface area contributed by atoms with Gasteiger partial charge in [0.15, 0.2) is 0 Å². The molecule has 108 valence electrons. The van der Waals surface area contributed by atoms with E-state index in [1.165, 1.54) is 18.2 Å². The second-order valence-electron chi connectivity index (χ2n) is 4.95. The van der Waals surface area contributed by atoms with Crippen molar-refractivity contribution in [3.05, 3.63) is 58.8 Å².